The Hall–Kier alpha value is -1.88. The molecule has 19 heavy (non-hydrogen) atoms. The number of halogens is 1. The Bertz CT molecular complexity index is 540. The number of nitrogens with zero attached hydrogens (tertiary/aromatic N) is 1. The van der Waals surface area contributed by atoms with Crippen LogP contribution in [0.1, 0.15) is 23.9 Å². The third-order valence-electron chi connectivity index (χ3n) is 2.57. The summed E-state index contributed by atoms with van der Waals surface area (Å²) in [6, 6.07) is 6.46. The van der Waals surface area contributed by atoms with Gasteiger partial charge >= 0.3 is 0 Å². The second kappa shape index (κ2) is 6.33. The van der Waals surface area contributed by atoms with Gasteiger partial charge in [0.25, 0.3) is 0 Å². The minimum Gasteiger partial charge on any atom is -0.485 e. The second-order valence-corrected chi connectivity index (χ2v) is 4.30. The molecule has 5 heteroatoms. The number of ether oxygens (including phenoxy) is 1. The molecule has 0 amide bonds. The predicted octanol–water partition coefficient (Wildman–Crippen LogP) is 2.81. The van der Waals surface area contributed by atoms with Crippen molar-refractivity contribution in [3.63, 3.8) is 0 Å². The van der Waals surface area contributed by atoms with Crippen molar-refractivity contribution in [2.24, 2.45) is 0 Å². The predicted molar refractivity (Wildman–Crippen MR) is 69.4 cm³/mol. The van der Waals surface area contributed by atoms with Crippen LogP contribution >= 0.6 is 0 Å². The number of aryl methyl sites for hydroxylation is 1. The van der Waals surface area contributed by atoms with Crippen molar-refractivity contribution in [3.8, 4) is 5.75 Å². The van der Waals surface area contributed by atoms with Gasteiger partial charge in [-0.15, -0.1) is 0 Å². The van der Waals surface area contributed by atoms with E-state index in [0.29, 0.717) is 18.1 Å². The lowest BCUT2D eigenvalue weighted by molar-refractivity contribution is 0.247. The Balaban J connectivity index is 2.01. The number of aromatic nitrogens is 1. The third-order valence-corrected chi connectivity index (χ3v) is 2.57. The van der Waals surface area contributed by atoms with Crippen molar-refractivity contribution < 1.29 is 13.7 Å². The van der Waals surface area contributed by atoms with Crippen molar-refractivity contribution in [2.75, 3.05) is 6.54 Å². The molecule has 0 bridgehead atoms. The van der Waals surface area contributed by atoms with E-state index in [9.17, 15) is 4.39 Å². The van der Waals surface area contributed by atoms with Gasteiger partial charge in [0, 0.05) is 18.7 Å². The highest BCUT2D eigenvalue weighted by molar-refractivity contribution is 5.29. The van der Waals surface area contributed by atoms with Gasteiger partial charge in [-0.05, 0) is 31.2 Å². The lowest BCUT2D eigenvalue weighted by Crippen LogP contribution is -2.12. The van der Waals surface area contributed by atoms with Crippen LogP contribution in [0.15, 0.2) is 28.8 Å². The number of nitrogens with one attached hydrogen (secondary N) is 1. The van der Waals surface area contributed by atoms with Gasteiger partial charge in [-0.25, -0.2) is 4.39 Å². The third kappa shape index (κ3) is 4.06. The lowest BCUT2D eigenvalue weighted by Gasteiger charge is -2.07. The Morgan fingerprint density at radius 2 is 2.16 bits per heavy atom. The molecular formula is C14H17FN2O2. The van der Waals surface area contributed by atoms with Crippen LogP contribution in [0.3, 0.4) is 0 Å². The van der Waals surface area contributed by atoms with E-state index in [2.05, 4.69) is 10.5 Å². The summed E-state index contributed by atoms with van der Waals surface area (Å²) in [7, 11) is 0. The summed E-state index contributed by atoms with van der Waals surface area (Å²) in [6.45, 7) is 5.54. The summed E-state index contributed by atoms with van der Waals surface area (Å²) < 4.78 is 24.0. The monoisotopic (exact) mass is 264 g/mol. The molecule has 0 aliphatic carbocycles. The van der Waals surface area contributed by atoms with Crippen molar-refractivity contribution >= 4 is 0 Å². The van der Waals surface area contributed by atoms with E-state index in [4.69, 9.17) is 9.26 Å². The zero-order valence-corrected chi connectivity index (χ0v) is 11.1. The molecule has 0 saturated heterocycles. The molecule has 2 aromatic rings. The van der Waals surface area contributed by atoms with Gasteiger partial charge in [0.1, 0.15) is 18.2 Å². The maximum atomic E-state index is 13.4. The first-order chi connectivity index (χ1) is 9.17. The van der Waals surface area contributed by atoms with Crippen molar-refractivity contribution in [1.29, 1.82) is 0 Å². The largest absolute Gasteiger partial charge is 0.485 e. The van der Waals surface area contributed by atoms with Crippen LogP contribution in [0.25, 0.3) is 0 Å². The van der Waals surface area contributed by atoms with Gasteiger partial charge in [0.2, 0.25) is 0 Å². The molecule has 0 radical (unpaired) electrons. The van der Waals surface area contributed by atoms with E-state index in [0.717, 1.165) is 17.8 Å². The number of hydrogen-bond acceptors (Lipinski definition) is 4. The van der Waals surface area contributed by atoms with Gasteiger partial charge in [-0.2, -0.15) is 0 Å². The highest BCUT2D eigenvalue weighted by Crippen LogP contribution is 2.18. The van der Waals surface area contributed by atoms with Crippen LogP contribution in [0.5, 0.6) is 5.75 Å². The fourth-order valence-electron chi connectivity index (χ4n) is 1.71. The standard InChI is InChI=1S/C14H17FN2O2/c1-3-16-8-11-5-12(15)7-13(6-11)18-9-14-4-10(2)17-19-14/h4-7,16H,3,8-9H2,1-2H3. The molecule has 1 heterocycles. The van der Waals surface area contributed by atoms with Crippen LogP contribution in [0.4, 0.5) is 4.39 Å². The maximum absolute atomic E-state index is 13.4. The molecule has 102 valence electrons. The number of rotatable bonds is 6. The van der Waals surface area contributed by atoms with E-state index < -0.39 is 0 Å². The molecule has 0 fully saturated rings. The molecule has 0 spiro atoms. The number of benzene rings is 1. The summed E-state index contributed by atoms with van der Waals surface area (Å²) >= 11 is 0. The van der Waals surface area contributed by atoms with Crippen molar-refractivity contribution in [2.45, 2.75) is 27.0 Å². The van der Waals surface area contributed by atoms with E-state index in [1.165, 1.54) is 12.1 Å². The lowest BCUT2D eigenvalue weighted by atomic mass is 10.2. The van der Waals surface area contributed by atoms with Gasteiger partial charge in [-0.1, -0.05) is 12.1 Å². The Labute approximate surface area is 111 Å². The van der Waals surface area contributed by atoms with Gasteiger partial charge in [-0.3, -0.25) is 0 Å². The van der Waals surface area contributed by atoms with Crippen molar-refractivity contribution in [1.82, 2.24) is 10.5 Å². The summed E-state index contributed by atoms with van der Waals surface area (Å²) in [5, 5.41) is 6.91. The summed E-state index contributed by atoms with van der Waals surface area (Å²) in [6.07, 6.45) is 0. The zero-order valence-electron chi connectivity index (χ0n) is 11.1. The molecule has 1 N–H and O–H groups in total. The molecule has 4 nitrogen and oxygen atoms in total. The molecule has 1 aromatic carbocycles. The minimum atomic E-state index is -0.306. The zero-order chi connectivity index (χ0) is 13.7. The molecule has 2 rings (SSSR count). The Morgan fingerprint density at radius 1 is 1.32 bits per heavy atom. The molecule has 0 aliphatic rings. The highest BCUT2D eigenvalue weighted by atomic mass is 19.1. The Kier molecular flexibility index (Phi) is 4.52. The number of hydrogen-bond donors (Lipinski definition) is 1. The fourth-order valence-corrected chi connectivity index (χ4v) is 1.71. The molecule has 0 atom stereocenters. The normalized spacial score (nSPS) is 10.7. The molecule has 0 aliphatic heterocycles. The fraction of sp³-hybridized carbons (Fsp3) is 0.357. The van der Waals surface area contributed by atoms with Crippen LogP contribution < -0.4 is 10.1 Å². The molecule has 0 unspecified atom stereocenters. The second-order valence-electron chi connectivity index (χ2n) is 4.30. The molecule has 0 saturated carbocycles. The topological polar surface area (TPSA) is 47.3 Å². The van der Waals surface area contributed by atoms with Crippen LogP contribution in [0, 0.1) is 12.7 Å². The van der Waals surface area contributed by atoms with E-state index in [1.54, 1.807) is 6.07 Å². The minimum absolute atomic E-state index is 0.241. The maximum Gasteiger partial charge on any atom is 0.174 e. The van der Waals surface area contributed by atoms with Gasteiger partial charge < -0.3 is 14.6 Å². The molecular weight excluding hydrogens is 247 g/mol. The summed E-state index contributed by atoms with van der Waals surface area (Å²) in [4.78, 5) is 0. The first-order valence-electron chi connectivity index (χ1n) is 6.22. The quantitative estimate of drug-likeness (QED) is 0.871. The van der Waals surface area contributed by atoms with Crippen LogP contribution in [-0.2, 0) is 13.2 Å². The van der Waals surface area contributed by atoms with Crippen LogP contribution in [-0.4, -0.2) is 11.7 Å². The van der Waals surface area contributed by atoms with E-state index in [1.807, 2.05) is 19.9 Å². The van der Waals surface area contributed by atoms with Crippen molar-refractivity contribution in [3.05, 3.63) is 47.1 Å². The first kappa shape index (κ1) is 13.5. The summed E-state index contributed by atoms with van der Waals surface area (Å²) in [5.74, 6) is 0.802. The van der Waals surface area contributed by atoms with E-state index >= 15 is 0 Å². The van der Waals surface area contributed by atoms with Gasteiger partial charge in [0.15, 0.2) is 5.76 Å². The summed E-state index contributed by atoms with van der Waals surface area (Å²) in [5.41, 5.74) is 1.65. The highest BCUT2D eigenvalue weighted by Gasteiger charge is 2.05. The molecule has 1 aromatic heterocycles. The SMILES string of the molecule is CCNCc1cc(F)cc(OCc2cc(C)no2)c1. The first-order valence-corrected chi connectivity index (χ1v) is 6.22. The van der Waals surface area contributed by atoms with E-state index in [-0.39, 0.29) is 12.4 Å². The van der Waals surface area contributed by atoms with Crippen LogP contribution in [0.2, 0.25) is 0 Å². The smallest absolute Gasteiger partial charge is 0.174 e. The average molecular weight is 264 g/mol. The Morgan fingerprint density at radius 3 is 2.84 bits per heavy atom. The van der Waals surface area contributed by atoms with Gasteiger partial charge in [0.05, 0.1) is 5.69 Å². The average Bonchev–Trinajstić information content (AvgIpc) is 2.79.